The molecule has 0 amide bonds. The van der Waals surface area contributed by atoms with Crippen LogP contribution in [0, 0.1) is 0 Å². The predicted octanol–water partition coefficient (Wildman–Crippen LogP) is 1.94. The number of likely N-dealkylation sites (N-methyl/N-ethyl adjacent to an activating group) is 2. The van der Waals surface area contributed by atoms with E-state index in [1.807, 2.05) is 19.3 Å². The predicted molar refractivity (Wildman–Crippen MR) is 117 cm³/mol. The van der Waals surface area contributed by atoms with Crippen LogP contribution < -0.4 is 5.32 Å². The second-order valence-electron chi connectivity index (χ2n) is 6.71. The lowest BCUT2D eigenvalue weighted by Gasteiger charge is -2.37. The van der Waals surface area contributed by atoms with Gasteiger partial charge in [0.15, 0.2) is 5.96 Å². The maximum Gasteiger partial charge on any atom is 0.194 e. The van der Waals surface area contributed by atoms with Crippen molar-refractivity contribution >= 4 is 41.5 Å². The van der Waals surface area contributed by atoms with E-state index in [0.717, 1.165) is 50.3 Å². The molecule has 0 aromatic carbocycles. The van der Waals surface area contributed by atoms with Crippen molar-refractivity contribution < 1.29 is 0 Å². The van der Waals surface area contributed by atoms with Crippen molar-refractivity contribution in [3.05, 3.63) is 23.0 Å². The zero-order valence-corrected chi connectivity index (χ0v) is 19.1. The Morgan fingerprint density at radius 2 is 2.08 bits per heavy atom. The summed E-state index contributed by atoms with van der Waals surface area (Å²) in [7, 11) is 8.46. The van der Waals surface area contributed by atoms with Gasteiger partial charge in [0.1, 0.15) is 0 Å². The highest BCUT2D eigenvalue weighted by molar-refractivity contribution is 14.0. The van der Waals surface area contributed by atoms with Crippen LogP contribution in [-0.4, -0.2) is 85.1 Å². The molecule has 144 valence electrons. The maximum atomic E-state index is 6.09. The van der Waals surface area contributed by atoms with Crippen LogP contribution in [0.3, 0.4) is 0 Å². The molecular formula is C17H32ClIN6. The summed E-state index contributed by atoms with van der Waals surface area (Å²) in [5.41, 5.74) is 1.17. The molecule has 1 atom stereocenters. The Hall–Kier alpha value is -0.510. The molecule has 0 aliphatic carbocycles. The quantitative estimate of drug-likeness (QED) is 0.396. The minimum absolute atomic E-state index is 0. The van der Waals surface area contributed by atoms with Crippen LogP contribution >= 0.6 is 35.6 Å². The first-order chi connectivity index (χ1) is 11.4. The van der Waals surface area contributed by atoms with Crippen LogP contribution in [0.1, 0.15) is 12.6 Å². The van der Waals surface area contributed by atoms with Gasteiger partial charge in [-0.15, -0.1) is 24.0 Å². The van der Waals surface area contributed by atoms with E-state index in [-0.39, 0.29) is 24.0 Å². The average Bonchev–Trinajstić information content (AvgIpc) is 2.84. The lowest BCUT2D eigenvalue weighted by molar-refractivity contribution is 0.119. The number of nitrogens with one attached hydrogen (secondary N) is 1. The van der Waals surface area contributed by atoms with Crippen molar-refractivity contribution in [3.63, 3.8) is 0 Å². The zero-order chi connectivity index (χ0) is 17.7. The number of piperazine rings is 1. The molecule has 0 saturated carbocycles. The topological polar surface area (TPSA) is 39.0 Å². The summed E-state index contributed by atoms with van der Waals surface area (Å²) < 4.78 is 2.06. The van der Waals surface area contributed by atoms with Gasteiger partial charge in [0, 0.05) is 58.2 Å². The van der Waals surface area contributed by atoms with Crippen molar-refractivity contribution in [2.45, 2.75) is 19.5 Å². The van der Waals surface area contributed by atoms with Gasteiger partial charge in [-0.2, -0.15) is 0 Å². The first-order valence-corrected chi connectivity index (χ1v) is 8.97. The molecule has 1 aliphatic rings. The summed E-state index contributed by atoms with van der Waals surface area (Å²) in [5.74, 6) is 0.941. The van der Waals surface area contributed by atoms with Crippen LogP contribution in [0.25, 0.3) is 0 Å². The van der Waals surface area contributed by atoms with Gasteiger partial charge >= 0.3 is 0 Å². The van der Waals surface area contributed by atoms with E-state index in [9.17, 15) is 0 Å². The smallest absolute Gasteiger partial charge is 0.194 e. The monoisotopic (exact) mass is 482 g/mol. The Balaban J connectivity index is 0.00000312. The summed E-state index contributed by atoms with van der Waals surface area (Å²) in [6.45, 7) is 7.84. The van der Waals surface area contributed by atoms with Crippen LogP contribution in [-0.2, 0) is 13.6 Å². The molecule has 0 spiro atoms. The molecule has 25 heavy (non-hydrogen) atoms. The van der Waals surface area contributed by atoms with Crippen LogP contribution in [0.5, 0.6) is 0 Å². The molecular weight excluding hydrogens is 451 g/mol. The molecule has 1 aromatic heterocycles. The van der Waals surface area contributed by atoms with Gasteiger partial charge in [-0.25, -0.2) is 0 Å². The molecule has 2 rings (SSSR count). The lowest BCUT2D eigenvalue weighted by atomic mass is 10.2. The SMILES string of the molecule is CCNC(=NCC1CN(C)CCN1C)N(C)Cc1cc(Cl)cn1C.I. The Kier molecular flexibility index (Phi) is 9.55. The number of aryl methyl sites for hydroxylation is 1. The van der Waals surface area contributed by atoms with Crippen LogP contribution in [0.2, 0.25) is 5.02 Å². The van der Waals surface area contributed by atoms with E-state index >= 15 is 0 Å². The van der Waals surface area contributed by atoms with E-state index in [4.69, 9.17) is 16.6 Å². The Labute approximate surface area is 174 Å². The molecule has 1 unspecified atom stereocenters. The van der Waals surface area contributed by atoms with E-state index in [0.29, 0.717) is 6.04 Å². The van der Waals surface area contributed by atoms with Gasteiger partial charge in [0.25, 0.3) is 0 Å². The first-order valence-electron chi connectivity index (χ1n) is 8.59. The number of rotatable bonds is 5. The van der Waals surface area contributed by atoms with Crippen molar-refractivity contribution in [2.24, 2.45) is 12.0 Å². The van der Waals surface area contributed by atoms with Crippen molar-refractivity contribution in [1.29, 1.82) is 0 Å². The van der Waals surface area contributed by atoms with Crippen molar-refractivity contribution in [3.8, 4) is 0 Å². The third-order valence-corrected chi connectivity index (χ3v) is 4.81. The number of guanidine groups is 1. The molecule has 2 heterocycles. The highest BCUT2D eigenvalue weighted by atomic mass is 127. The largest absolute Gasteiger partial charge is 0.357 e. The highest BCUT2D eigenvalue weighted by Gasteiger charge is 2.22. The Bertz CT molecular complexity index is 561. The minimum Gasteiger partial charge on any atom is -0.357 e. The normalized spacial score (nSPS) is 19.6. The highest BCUT2D eigenvalue weighted by Crippen LogP contribution is 2.14. The summed E-state index contributed by atoms with van der Waals surface area (Å²) >= 11 is 6.09. The Morgan fingerprint density at radius 1 is 1.36 bits per heavy atom. The Morgan fingerprint density at radius 3 is 2.68 bits per heavy atom. The number of aromatic nitrogens is 1. The second kappa shape index (κ2) is 10.6. The van der Waals surface area contributed by atoms with E-state index < -0.39 is 0 Å². The standard InChI is InChI=1S/C17H31ClN6.HI/c1-6-19-17(20-10-16-12-21(2)7-8-22(16)3)24(5)13-15-9-14(18)11-23(15)4;/h9,11,16H,6-8,10,12-13H2,1-5H3,(H,19,20);1H. The molecule has 0 bridgehead atoms. The van der Waals surface area contributed by atoms with Gasteiger partial charge in [0.2, 0.25) is 0 Å². The van der Waals surface area contributed by atoms with Gasteiger partial charge in [-0.05, 0) is 27.1 Å². The van der Waals surface area contributed by atoms with Crippen LogP contribution in [0.4, 0.5) is 0 Å². The van der Waals surface area contributed by atoms with Crippen molar-refractivity contribution in [1.82, 2.24) is 24.6 Å². The molecule has 1 aliphatic heterocycles. The number of hydrogen-bond donors (Lipinski definition) is 1. The molecule has 1 fully saturated rings. The van der Waals surface area contributed by atoms with Crippen LogP contribution in [0.15, 0.2) is 17.3 Å². The molecule has 1 aromatic rings. The summed E-state index contributed by atoms with van der Waals surface area (Å²) in [6.07, 6.45) is 1.93. The minimum atomic E-state index is 0. The molecule has 6 nitrogen and oxygen atoms in total. The summed E-state index contributed by atoms with van der Waals surface area (Å²) in [6, 6.07) is 2.47. The fourth-order valence-electron chi connectivity index (χ4n) is 3.00. The van der Waals surface area contributed by atoms with Gasteiger partial charge in [0.05, 0.1) is 18.1 Å². The van der Waals surface area contributed by atoms with E-state index in [2.05, 4.69) is 52.7 Å². The van der Waals surface area contributed by atoms with E-state index in [1.54, 1.807) is 0 Å². The number of nitrogens with zero attached hydrogens (tertiary/aromatic N) is 5. The third kappa shape index (κ3) is 6.62. The maximum absolute atomic E-state index is 6.09. The molecule has 1 N–H and O–H groups in total. The molecule has 8 heteroatoms. The fraction of sp³-hybridized carbons (Fsp3) is 0.706. The first kappa shape index (κ1) is 22.5. The van der Waals surface area contributed by atoms with Crippen molar-refractivity contribution in [2.75, 3.05) is 53.9 Å². The van der Waals surface area contributed by atoms with E-state index in [1.165, 1.54) is 5.69 Å². The second-order valence-corrected chi connectivity index (χ2v) is 7.14. The molecule has 1 saturated heterocycles. The van der Waals surface area contributed by atoms with Gasteiger partial charge in [-0.1, -0.05) is 11.6 Å². The number of halogens is 2. The molecule has 0 radical (unpaired) electrons. The fourth-order valence-corrected chi connectivity index (χ4v) is 3.27. The average molecular weight is 483 g/mol. The third-order valence-electron chi connectivity index (χ3n) is 4.60. The summed E-state index contributed by atoms with van der Waals surface area (Å²) in [4.78, 5) is 11.8. The number of hydrogen-bond acceptors (Lipinski definition) is 3. The zero-order valence-electron chi connectivity index (χ0n) is 16.0. The van der Waals surface area contributed by atoms with Gasteiger partial charge < -0.3 is 19.7 Å². The lowest BCUT2D eigenvalue weighted by Crippen LogP contribution is -2.51. The summed E-state index contributed by atoms with van der Waals surface area (Å²) in [5, 5.41) is 4.17. The van der Waals surface area contributed by atoms with Gasteiger partial charge in [-0.3, -0.25) is 9.89 Å². The number of aliphatic imine (C=N–C) groups is 1.